The third kappa shape index (κ3) is 9.62. The quantitative estimate of drug-likeness (QED) is 0.366. The van der Waals surface area contributed by atoms with Gasteiger partial charge in [0.2, 0.25) is 5.95 Å². The van der Waals surface area contributed by atoms with Crippen LogP contribution in [0.25, 0.3) is 11.1 Å². The number of rotatable bonds is 7. The van der Waals surface area contributed by atoms with Crippen molar-refractivity contribution in [1.29, 1.82) is 0 Å². The van der Waals surface area contributed by atoms with Gasteiger partial charge in [0, 0.05) is 37.6 Å². The molecule has 0 amide bonds. The lowest BCUT2D eigenvalue weighted by Crippen LogP contribution is -2.21. The van der Waals surface area contributed by atoms with Crippen molar-refractivity contribution in [1.82, 2.24) is 20.2 Å². The van der Waals surface area contributed by atoms with E-state index in [1.807, 2.05) is 21.0 Å². The van der Waals surface area contributed by atoms with E-state index >= 15 is 0 Å². The Morgan fingerprint density at radius 1 is 0.865 bits per heavy atom. The minimum Gasteiger partial charge on any atom is -0.353 e. The Kier molecular flexibility index (Phi) is 10.4. The highest BCUT2D eigenvalue weighted by Gasteiger charge is 2.36. The van der Waals surface area contributed by atoms with Crippen molar-refractivity contribution in [3.8, 4) is 11.1 Å². The van der Waals surface area contributed by atoms with Crippen LogP contribution in [0.5, 0.6) is 0 Å². The SMILES string of the molecule is CNCc1cc(C(F)(F)F)cc(C(F)(F)F)c1.Cc1cc(F)ccc1-c1cnc(NCCN(C)C)nc1. The van der Waals surface area contributed by atoms with Gasteiger partial charge in [0.15, 0.2) is 0 Å². The summed E-state index contributed by atoms with van der Waals surface area (Å²) in [4.78, 5) is 10.6. The number of nitrogens with zero attached hydrogens (tertiary/aromatic N) is 3. The molecule has 0 spiro atoms. The standard InChI is InChI=1S/C15H19FN4.C10H9F6N/c1-11-8-13(16)4-5-14(11)12-9-18-15(19-10-12)17-6-7-20(2)3;1-17-5-6-2-7(9(11,12)13)4-8(3-6)10(14,15)16/h4-5,8-10H,6-7H2,1-3H3,(H,17,18,19);2-4,17H,5H2,1H3. The van der Waals surface area contributed by atoms with Gasteiger partial charge < -0.3 is 15.5 Å². The molecule has 0 radical (unpaired) electrons. The Labute approximate surface area is 210 Å². The van der Waals surface area contributed by atoms with Crippen molar-refractivity contribution in [3.05, 3.63) is 76.9 Å². The van der Waals surface area contributed by atoms with Crippen LogP contribution in [0.4, 0.5) is 36.7 Å². The molecule has 2 N–H and O–H groups in total. The van der Waals surface area contributed by atoms with Gasteiger partial charge in [0.1, 0.15) is 5.82 Å². The van der Waals surface area contributed by atoms with E-state index in [9.17, 15) is 30.7 Å². The third-order valence-electron chi connectivity index (χ3n) is 5.02. The van der Waals surface area contributed by atoms with E-state index in [0.29, 0.717) is 18.1 Å². The van der Waals surface area contributed by atoms with E-state index in [1.165, 1.54) is 19.2 Å². The minimum atomic E-state index is -4.79. The molecule has 3 aromatic rings. The normalized spacial score (nSPS) is 11.8. The molecule has 1 heterocycles. The molecular weight excluding hydrogens is 503 g/mol. The molecule has 0 unspecified atom stereocenters. The Morgan fingerprint density at radius 3 is 1.89 bits per heavy atom. The number of likely N-dealkylation sites (N-methyl/N-ethyl adjacent to an activating group) is 1. The van der Waals surface area contributed by atoms with E-state index < -0.39 is 23.5 Å². The molecule has 202 valence electrons. The predicted octanol–water partition coefficient (Wildman–Crippen LogP) is 6.01. The first-order valence-corrected chi connectivity index (χ1v) is 11.1. The molecule has 0 fully saturated rings. The highest BCUT2D eigenvalue weighted by atomic mass is 19.4. The summed E-state index contributed by atoms with van der Waals surface area (Å²) in [7, 11) is 5.47. The van der Waals surface area contributed by atoms with E-state index in [-0.39, 0.29) is 24.0 Å². The van der Waals surface area contributed by atoms with Crippen LogP contribution in [0.3, 0.4) is 0 Å². The molecule has 1 aromatic heterocycles. The van der Waals surface area contributed by atoms with Gasteiger partial charge in [-0.15, -0.1) is 0 Å². The topological polar surface area (TPSA) is 53.1 Å². The maximum Gasteiger partial charge on any atom is 0.416 e. The second kappa shape index (κ2) is 12.8. The van der Waals surface area contributed by atoms with Gasteiger partial charge in [-0.05, 0) is 75.1 Å². The van der Waals surface area contributed by atoms with E-state index in [2.05, 4.69) is 25.5 Å². The number of alkyl halides is 6. The third-order valence-corrected chi connectivity index (χ3v) is 5.02. The van der Waals surface area contributed by atoms with Gasteiger partial charge >= 0.3 is 12.4 Å². The summed E-state index contributed by atoms with van der Waals surface area (Å²) in [5.74, 6) is 0.379. The van der Waals surface area contributed by atoms with Crippen LogP contribution in [-0.4, -0.2) is 49.1 Å². The summed E-state index contributed by atoms with van der Waals surface area (Å²) in [6.07, 6.45) is -6.07. The molecule has 5 nitrogen and oxygen atoms in total. The predicted molar refractivity (Wildman–Crippen MR) is 128 cm³/mol. The smallest absolute Gasteiger partial charge is 0.353 e. The molecule has 0 aliphatic heterocycles. The Morgan fingerprint density at radius 2 is 1.43 bits per heavy atom. The first-order valence-electron chi connectivity index (χ1n) is 11.1. The van der Waals surface area contributed by atoms with Crippen LogP contribution in [-0.2, 0) is 18.9 Å². The molecule has 0 atom stereocenters. The Balaban J connectivity index is 0.000000264. The Bertz CT molecular complexity index is 1110. The van der Waals surface area contributed by atoms with E-state index in [1.54, 1.807) is 18.5 Å². The highest BCUT2D eigenvalue weighted by molar-refractivity contribution is 5.65. The number of halogens is 7. The first kappa shape index (κ1) is 30.0. The van der Waals surface area contributed by atoms with Crippen molar-refractivity contribution in [2.75, 3.05) is 39.5 Å². The fraction of sp³-hybridized carbons (Fsp3) is 0.360. The molecule has 0 bridgehead atoms. The van der Waals surface area contributed by atoms with Gasteiger partial charge in [0.25, 0.3) is 0 Å². The highest BCUT2D eigenvalue weighted by Crippen LogP contribution is 2.36. The van der Waals surface area contributed by atoms with E-state index in [0.717, 1.165) is 29.8 Å². The van der Waals surface area contributed by atoms with Crippen LogP contribution in [0.1, 0.15) is 22.3 Å². The summed E-state index contributed by atoms with van der Waals surface area (Å²) < 4.78 is 87.4. The van der Waals surface area contributed by atoms with Crippen LogP contribution in [0.2, 0.25) is 0 Å². The lowest BCUT2D eigenvalue weighted by Gasteiger charge is -2.13. The number of aromatic nitrogens is 2. The lowest BCUT2D eigenvalue weighted by molar-refractivity contribution is -0.143. The average Bonchev–Trinajstić information content (AvgIpc) is 2.79. The van der Waals surface area contributed by atoms with Crippen LogP contribution in [0.15, 0.2) is 48.8 Å². The molecule has 2 aromatic carbocycles. The van der Waals surface area contributed by atoms with Gasteiger partial charge in [-0.2, -0.15) is 26.3 Å². The molecule has 12 heteroatoms. The van der Waals surface area contributed by atoms with E-state index in [4.69, 9.17) is 0 Å². The molecule has 0 saturated carbocycles. The average molecular weight is 532 g/mol. The number of aryl methyl sites for hydroxylation is 1. The summed E-state index contributed by atoms with van der Waals surface area (Å²) in [6, 6.07) is 6.23. The summed E-state index contributed by atoms with van der Waals surface area (Å²) >= 11 is 0. The maximum atomic E-state index is 13.1. The molecule has 3 rings (SSSR count). The molecule has 0 aliphatic rings. The molecule has 37 heavy (non-hydrogen) atoms. The summed E-state index contributed by atoms with van der Waals surface area (Å²) in [5.41, 5.74) is 0.0682. The van der Waals surface area contributed by atoms with Crippen molar-refractivity contribution in [2.24, 2.45) is 0 Å². The van der Waals surface area contributed by atoms with Crippen LogP contribution < -0.4 is 10.6 Å². The molecular formula is C25H28F7N5. The zero-order chi connectivity index (χ0) is 27.8. The first-order chi connectivity index (χ1) is 17.2. The van der Waals surface area contributed by atoms with Crippen molar-refractivity contribution in [2.45, 2.75) is 25.8 Å². The van der Waals surface area contributed by atoms with Gasteiger partial charge in [-0.1, -0.05) is 6.07 Å². The van der Waals surface area contributed by atoms with Crippen molar-refractivity contribution >= 4 is 5.95 Å². The number of hydrogen-bond acceptors (Lipinski definition) is 5. The largest absolute Gasteiger partial charge is 0.416 e. The van der Waals surface area contributed by atoms with Gasteiger partial charge in [-0.25, -0.2) is 14.4 Å². The fourth-order valence-corrected chi connectivity index (χ4v) is 3.23. The Hall–Kier alpha value is -3.25. The van der Waals surface area contributed by atoms with Crippen molar-refractivity contribution < 1.29 is 30.7 Å². The molecule has 0 aliphatic carbocycles. The number of benzene rings is 2. The van der Waals surface area contributed by atoms with Gasteiger partial charge in [0.05, 0.1) is 11.1 Å². The number of nitrogens with one attached hydrogen (secondary N) is 2. The maximum absolute atomic E-state index is 13.1. The van der Waals surface area contributed by atoms with Crippen molar-refractivity contribution in [3.63, 3.8) is 0 Å². The summed E-state index contributed by atoms with van der Waals surface area (Å²) in [5, 5.41) is 5.66. The zero-order valence-corrected chi connectivity index (χ0v) is 20.7. The lowest BCUT2D eigenvalue weighted by atomic mass is 10.0. The second-order valence-electron chi connectivity index (χ2n) is 8.43. The van der Waals surface area contributed by atoms with Gasteiger partial charge in [-0.3, -0.25) is 0 Å². The number of anilines is 1. The second-order valence-corrected chi connectivity index (χ2v) is 8.43. The minimum absolute atomic E-state index is 0.0605. The zero-order valence-electron chi connectivity index (χ0n) is 20.7. The van der Waals surface area contributed by atoms with Crippen LogP contribution >= 0.6 is 0 Å². The monoisotopic (exact) mass is 531 g/mol. The number of hydrogen-bond donors (Lipinski definition) is 2. The molecule has 0 saturated heterocycles. The van der Waals surface area contributed by atoms with Crippen LogP contribution in [0, 0.1) is 12.7 Å². The fourth-order valence-electron chi connectivity index (χ4n) is 3.23. The summed E-state index contributed by atoms with van der Waals surface area (Å²) in [6.45, 7) is 3.53.